The number of hydrogen-bond acceptors (Lipinski definition) is 5. The van der Waals surface area contributed by atoms with Gasteiger partial charge in [0.2, 0.25) is 0 Å². The van der Waals surface area contributed by atoms with Crippen molar-refractivity contribution in [1.29, 1.82) is 0 Å². The summed E-state index contributed by atoms with van der Waals surface area (Å²) in [4.78, 5) is 11.5. The SMILES string of the molecule is Cc1nc(N2CCCC2CO)c2ccc(OCc3ccccc3)cc2n1. The first-order valence-corrected chi connectivity index (χ1v) is 9.07. The third kappa shape index (κ3) is 3.35. The van der Waals surface area contributed by atoms with Crippen LogP contribution in [0.3, 0.4) is 0 Å². The first-order valence-electron chi connectivity index (χ1n) is 9.07. The van der Waals surface area contributed by atoms with Crippen LogP contribution < -0.4 is 9.64 Å². The minimum Gasteiger partial charge on any atom is -0.489 e. The summed E-state index contributed by atoms with van der Waals surface area (Å²) >= 11 is 0. The zero-order chi connectivity index (χ0) is 17.9. The van der Waals surface area contributed by atoms with Crippen molar-refractivity contribution in [2.75, 3.05) is 18.1 Å². The molecule has 1 fully saturated rings. The predicted octanol–water partition coefficient (Wildman–Crippen LogP) is 3.48. The Bertz CT molecular complexity index is 898. The van der Waals surface area contributed by atoms with E-state index < -0.39 is 0 Å². The lowest BCUT2D eigenvalue weighted by Crippen LogP contribution is -2.33. The summed E-state index contributed by atoms with van der Waals surface area (Å²) in [5.74, 6) is 2.44. The van der Waals surface area contributed by atoms with E-state index in [1.54, 1.807) is 0 Å². The van der Waals surface area contributed by atoms with E-state index in [4.69, 9.17) is 4.74 Å². The van der Waals surface area contributed by atoms with E-state index in [-0.39, 0.29) is 12.6 Å². The molecule has 5 heteroatoms. The van der Waals surface area contributed by atoms with Crippen molar-refractivity contribution >= 4 is 16.7 Å². The van der Waals surface area contributed by atoms with Gasteiger partial charge in [0.1, 0.15) is 24.0 Å². The summed E-state index contributed by atoms with van der Waals surface area (Å²) in [6.07, 6.45) is 2.08. The maximum Gasteiger partial charge on any atom is 0.140 e. The first kappa shape index (κ1) is 16.8. The molecule has 1 atom stereocenters. The van der Waals surface area contributed by atoms with Gasteiger partial charge in [0.25, 0.3) is 0 Å². The maximum atomic E-state index is 9.66. The lowest BCUT2D eigenvalue weighted by molar-refractivity contribution is 0.266. The highest BCUT2D eigenvalue weighted by Crippen LogP contribution is 2.31. The van der Waals surface area contributed by atoms with Gasteiger partial charge in [0.05, 0.1) is 18.2 Å². The Labute approximate surface area is 153 Å². The summed E-state index contributed by atoms with van der Waals surface area (Å²) in [6.45, 7) is 3.51. The van der Waals surface area contributed by atoms with E-state index in [1.165, 1.54) is 0 Å². The van der Waals surface area contributed by atoms with E-state index in [0.717, 1.165) is 53.2 Å². The minimum atomic E-state index is 0.140. The zero-order valence-electron chi connectivity index (χ0n) is 14.9. The van der Waals surface area contributed by atoms with Gasteiger partial charge in [-0.05, 0) is 37.5 Å². The predicted molar refractivity (Wildman–Crippen MR) is 103 cm³/mol. The number of nitrogens with zero attached hydrogens (tertiary/aromatic N) is 3. The molecule has 0 bridgehead atoms. The summed E-state index contributed by atoms with van der Waals surface area (Å²) in [6, 6.07) is 16.2. The fraction of sp³-hybridized carbons (Fsp3) is 0.333. The Morgan fingerprint density at radius 2 is 2.00 bits per heavy atom. The standard InChI is InChI=1S/C21H23N3O2/c1-15-22-20-12-18(26-14-16-6-3-2-4-7-16)9-10-19(20)21(23-15)24-11-5-8-17(24)13-25/h2-4,6-7,9-10,12,17,25H,5,8,11,13-14H2,1H3. The van der Waals surface area contributed by atoms with Gasteiger partial charge in [0, 0.05) is 18.0 Å². The number of ether oxygens (including phenoxy) is 1. The molecule has 1 saturated heterocycles. The van der Waals surface area contributed by atoms with Gasteiger partial charge < -0.3 is 14.7 Å². The van der Waals surface area contributed by atoms with Crippen LogP contribution in [-0.2, 0) is 6.61 Å². The monoisotopic (exact) mass is 349 g/mol. The summed E-state index contributed by atoms with van der Waals surface area (Å²) in [5, 5.41) is 10.7. The third-order valence-corrected chi connectivity index (χ3v) is 4.87. The molecule has 26 heavy (non-hydrogen) atoms. The second-order valence-electron chi connectivity index (χ2n) is 6.72. The summed E-state index contributed by atoms with van der Waals surface area (Å²) < 4.78 is 5.93. The van der Waals surface area contributed by atoms with E-state index in [0.29, 0.717) is 6.61 Å². The van der Waals surface area contributed by atoms with Crippen molar-refractivity contribution in [2.24, 2.45) is 0 Å². The number of aliphatic hydroxyl groups excluding tert-OH is 1. The van der Waals surface area contributed by atoms with Gasteiger partial charge in [-0.1, -0.05) is 30.3 Å². The topological polar surface area (TPSA) is 58.5 Å². The molecule has 0 radical (unpaired) electrons. The molecule has 1 N–H and O–H groups in total. The molecule has 3 aromatic rings. The van der Waals surface area contributed by atoms with Gasteiger partial charge in [-0.2, -0.15) is 0 Å². The Morgan fingerprint density at radius 3 is 2.81 bits per heavy atom. The van der Waals surface area contributed by atoms with Gasteiger partial charge in [-0.15, -0.1) is 0 Å². The van der Waals surface area contributed by atoms with Gasteiger partial charge in [0.15, 0.2) is 0 Å². The fourth-order valence-corrected chi connectivity index (χ4v) is 3.56. The molecule has 1 aromatic heterocycles. The smallest absolute Gasteiger partial charge is 0.140 e. The van der Waals surface area contributed by atoms with Crippen LogP contribution >= 0.6 is 0 Å². The number of anilines is 1. The molecular weight excluding hydrogens is 326 g/mol. The van der Waals surface area contributed by atoms with Gasteiger partial charge in [-0.25, -0.2) is 9.97 Å². The molecule has 134 valence electrons. The number of rotatable bonds is 5. The Kier molecular flexibility index (Phi) is 4.71. The highest BCUT2D eigenvalue weighted by atomic mass is 16.5. The van der Waals surface area contributed by atoms with Crippen molar-refractivity contribution < 1.29 is 9.84 Å². The van der Waals surface area contributed by atoms with Gasteiger partial charge >= 0.3 is 0 Å². The Hall–Kier alpha value is -2.66. The van der Waals surface area contributed by atoms with E-state index in [9.17, 15) is 5.11 Å². The molecule has 2 aromatic carbocycles. The number of aryl methyl sites for hydroxylation is 1. The fourth-order valence-electron chi connectivity index (χ4n) is 3.56. The second-order valence-corrected chi connectivity index (χ2v) is 6.72. The van der Waals surface area contributed by atoms with E-state index in [2.05, 4.69) is 14.9 Å². The number of hydrogen-bond donors (Lipinski definition) is 1. The van der Waals surface area contributed by atoms with Crippen LogP contribution in [0.1, 0.15) is 24.2 Å². The molecule has 1 aliphatic rings. The van der Waals surface area contributed by atoms with Crippen LogP contribution in [0.5, 0.6) is 5.75 Å². The molecule has 5 nitrogen and oxygen atoms in total. The largest absolute Gasteiger partial charge is 0.489 e. The molecule has 0 spiro atoms. The van der Waals surface area contributed by atoms with Crippen molar-refractivity contribution in [3.8, 4) is 5.75 Å². The average Bonchev–Trinajstić information content (AvgIpc) is 3.15. The quantitative estimate of drug-likeness (QED) is 0.764. The molecule has 2 heterocycles. The molecule has 0 amide bonds. The molecule has 1 aliphatic heterocycles. The van der Waals surface area contributed by atoms with Crippen LogP contribution in [0, 0.1) is 6.92 Å². The lowest BCUT2D eigenvalue weighted by atomic mass is 10.2. The molecule has 1 unspecified atom stereocenters. The number of benzene rings is 2. The average molecular weight is 349 g/mol. The number of aliphatic hydroxyl groups is 1. The van der Waals surface area contributed by atoms with Crippen LogP contribution in [0.15, 0.2) is 48.5 Å². The summed E-state index contributed by atoms with van der Waals surface area (Å²) in [5.41, 5.74) is 2.01. The first-order chi connectivity index (χ1) is 12.7. The van der Waals surface area contributed by atoms with Crippen molar-refractivity contribution in [3.05, 3.63) is 59.9 Å². The van der Waals surface area contributed by atoms with E-state index in [1.807, 2.05) is 55.5 Å². The van der Waals surface area contributed by atoms with Crippen LogP contribution in [0.4, 0.5) is 5.82 Å². The highest BCUT2D eigenvalue weighted by molar-refractivity contribution is 5.90. The minimum absolute atomic E-state index is 0.140. The molecular formula is C21H23N3O2. The second kappa shape index (κ2) is 7.30. The third-order valence-electron chi connectivity index (χ3n) is 4.87. The van der Waals surface area contributed by atoms with Crippen LogP contribution in [0.2, 0.25) is 0 Å². The highest BCUT2D eigenvalue weighted by Gasteiger charge is 2.26. The Morgan fingerprint density at radius 1 is 1.15 bits per heavy atom. The Balaban J connectivity index is 1.64. The lowest BCUT2D eigenvalue weighted by Gasteiger charge is -2.25. The van der Waals surface area contributed by atoms with Crippen molar-refractivity contribution in [2.45, 2.75) is 32.4 Å². The maximum absolute atomic E-state index is 9.66. The number of fused-ring (bicyclic) bond motifs is 1. The van der Waals surface area contributed by atoms with Crippen molar-refractivity contribution in [1.82, 2.24) is 9.97 Å². The normalized spacial score (nSPS) is 17.0. The van der Waals surface area contributed by atoms with Gasteiger partial charge in [-0.3, -0.25) is 0 Å². The molecule has 0 aliphatic carbocycles. The van der Waals surface area contributed by atoms with Crippen LogP contribution in [0.25, 0.3) is 10.9 Å². The zero-order valence-corrected chi connectivity index (χ0v) is 14.9. The molecule has 4 rings (SSSR count). The molecule has 0 saturated carbocycles. The number of aromatic nitrogens is 2. The van der Waals surface area contributed by atoms with E-state index >= 15 is 0 Å². The van der Waals surface area contributed by atoms with Crippen molar-refractivity contribution in [3.63, 3.8) is 0 Å². The summed E-state index contributed by atoms with van der Waals surface area (Å²) in [7, 11) is 0. The van der Waals surface area contributed by atoms with Crippen LogP contribution in [-0.4, -0.2) is 34.3 Å².